The molecule has 0 unspecified atom stereocenters. The van der Waals surface area contributed by atoms with Crippen LogP contribution in [0.3, 0.4) is 0 Å². The van der Waals surface area contributed by atoms with Crippen molar-refractivity contribution in [2.45, 2.75) is 17.9 Å². The van der Waals surface area contributed by atoms with Gasteiger partial charge in [0.1, 0.15) is 11.4 Å². The molecule has 1 nitrogen and oxygen atoms in total. The topological polar surface area (TPSA) is 9.23 Å². The van der Waals surface area contributed by atoms with Crippen molar-refractivity contribution in [3.8, 4) is 5.75 Å². The first-order valence-electron chi connectivity index (χ1n) is 8.27. The number of fused-ring (bicyclic) bond motifs is 2. The van der Waals surface area contributed by atoms with Crippen molar-refractivity contribution >= 4 is 0 Å². The fourth-order valence-corrected chi connectivity index (χ4v) is 4.20. The summed E-state index contributed by atoms with van der Waals surface area (Å²) in [6.07, 6.45) is 1.09. The van der Waals surface area contributed by atoms with Crippen LogP contribution in [0.5, 0.6) is 5.75 Å². The zero-order valence-electron chi connectivity index (χ0n) is 12.9. The van der Waals surface area contributed by atoms with Gasteiger partial charge in [-0.25, -0.2) is 0 Å². The van der Waals surface area contributed by atoms with Crippen LogP contribution in [0.4, 0.5) is 0 Å². The first-order valence-corrected chi connectivity index (χ1v) is 8.27. The van der Waals surface area contributed by atoms with Gasteiger partial charge in [0.25, 0.3) is 0 Å². The molecule has 1 heteroatoms. The minimum Gasteiger partial charge on any atom is -0.482 e. The van der Waals surface area contributed by atoms with Crippen molar-refractivity contribution in [2.24, 2.45) is 5.92 Å². The van der Waals surface area contributed by atoms with E-state index in [2.05, 4.69) is 84.9 Å². The Labute approximate surface area is 136 Å². The predicted molar refractivity (Wildman–Crippen MR) is 91.6 cm³/mol. The van der Waals surface area contributed by atoms with Crippen LogP contribution >= 0.6 is 0 Å². The summed E-state index contributed by atoms with van der Waals surface area (Å²) in [5, 5.41) is 0. The van der Waals surface area contributed by atoms with E-state index in [1.165, 1.54) is 16.7 Å². The monoisotopic (exact) mass is 298 g/mol. The van der Waals surface area contributed by atoms with Gasteiger partial charge in [-0.1, -0.05) is 78.9 Å². The largest absolute Gasteiger partial charge is 0.482 e. The third kappa shape index (κ3) is 1.86. The Morgan fingerprint density at radius 1 is 0.739 bits per heavy atom. The molecule has 2 aliphatic rings. The van der Waals surface area contributed by atoms with Crippen LogP contribution in [0.1, 0.15) is 29.0 Å². The number of ether oxygens (including phenoxy) is 1. The van der Waals surface area contributed by atoms with Crippen LogP contribution in [-0.2, 0) is 5.60 Å². The smallest absolute Gasteiger partial charge is 0.138 e. The molecule has 3 atom stereocenters. The minimum atomic E-state index is -0.143. The van der Waals surface area contributed by atoms with Gasteiger partial charge in [-0.05, 0) is 23.6 Å². The van der Waals surface area contributed by atoms with Crippen molar-refractivity contribution in [1.29, 1.82) is 0 Å². The Bertz CT molecular complexity index is 840. The summed E-state index contributed by atoms with van der Waals surface area (Å²) in [5.41, 5.74) is 3.88. The van der Waals surface area contributed by atoms with E-state index < -0.39 is 0 Å². The molecule has 1 fully saturated rings. The SMILES string of the molecule is c1ccc([C@@H]2c3ccccc3O[C@@]3(c4ccccc4)C[C@@H]23)cc1. The molecule has 0 N–H and O–H groups in total. The highest BCUT2D eigenvalue weighted by Crippen LogP contribution is 2.66. The number of benzene rings is 3. The number of para-hydroxylation sites is 1. The van der Waals surface area contributed by atoms with Gasteiger partial charge in [0.2, 0.25) is 0 Å². The second-order valence-electron chi connectivity index (χ2n) is 6.59. The maximum Gasteiger partial charge on any atom is 0.138 e. The van der Waals surface area contributed by atoms with Gasteiger partial charge in [-0.15, -0.1) is 0 Å². The molecule has 3 aromatic carbocycles. The molecular weight excluding hydrogens is 280 g/mol. The van der Waals surface area contributed by atoms with Crippen molar-refractivity contribution in [1.82, 2.24) is 0 Å². The molecular formula is C22H18O. The van der Waals surface area contributed by atoms with E-state index in [9.17, 15) is 0 Å². The van der Waals surface area contributed by atoms with Gasteiger partial charge in [0, 0.05) is 17.4 Å². The van der Waals surface area contributed by atoms with Crippen molar-refractivity contribution < 1.29 is 4.74 Å². The first-order chi connectivity index (χ1) is 11.4. The van der Waals surface area contributed by atoms with Gasteiger partial charge in [0.15, 0.2) is 0 Å². The predicted octanol–water partition coefficient (Wildman–Crippen LogP) is 5.13. The molecule has 0 aromatic heterocycles. The van der Waals surface area contributed by atoms with E-state index >= 15 is 0 Å². The third-order valence-electron chi connectivity index (χ3n) is 5.33. The third-order valence-corrected chi connectivity index (χ3v) is 5.33. The highest BCUT2D eigenvalue weighted by molar-refractivity contribution is 5.51. The van der Waals surface area contributed by atoms with Crippen LogP contribution in [0.25, 0.3) is 0 Å². The van der Waals surface area contributed by atoms with Crippen LogP contribution in [0.15, 0.2) is 84.9 Å². The van der Waals surface area contributed by atoms with Gasteiger partial charge in [-0.2, -0.15) is 0 Å². The molecule has 1 saturated carbocycles. The Kier molecular flexibility index (Phi) is 2.66. The standard InChI is InChI=1S/C22H18O/c1-3-9-16(10-4-1)21-18-13-7-8-14-20(18)23-22(15-19(21)22)17-11-5-2-6-12-17/h1-14,19,21H,15H2/t19-,21+,22+/m0/s1. The second-order valence-corrected chi connectivity index (χ2v) is 6.59. The molecule has 112 valence electrons. The van der Waals surface area contributed by atoms with Crippen LogP contribution < -0.4 is 4.74 Å². The normalized spacial score (nSPS) is 27.5. The summed E-state index contributed by atoms with van der Waals surface area (Å²) in [6.45, 7) is 0. The maximum atomic E-state index is 6.53. The van der Waals surface area contributed by atoms with E-state index in [-0.39, 0.29) is 5.60 Å². The van der Waals surface area contributed by atoms with Crippen molar-refractivity contribution in [2.75, 3.05) is 0 Å². The lowest BCUT2D eigenvalue weighted by Gasteiger charge is -2.32. The maximum absolute atomic E-state index is 6.53. The van der Waals surface area contributed by atoms with Gasteiger partial charge in [0.05, 0.1) is 0 Å². The van der Waals surface area contributed by atoms with E-state index in [1.807, 2.05) is 0 Å². The fraction of sp³-hybridized carbons (Fsp3) is 0.182. The molecule has 0 spiro atoms. The molecule has 3 aromatic rings. The molecule has 1 heterocycles. The van der Waals surface area contributed by atoms with Gasteiger partial charge < -0.3 is 4.74 Å². The lowest BCUT2D eigenvalue weighted by atomic mass is 9.82. The molecule has 1 aliphatic heterocycles. The average Bonchev–Trinajstić information content (AvgIpc) is 3.36. The lowest BCUT2D eigenvalue weighted by molar-refractivity contribution is 0.139. The van der Waals surface area contributed by atoms with E-state index in [0.29, 0.717) is 11.8 Å². The summed E-state index contributed by atoms with van der Waals surface area (Å²) in [6, 6.07) is 30.1. The summed E-state index contributed by atoms with van der Waals surface area (Å²) in [7, 11) is 0. The highest BCUT2D eigenvalue weighted by Gasteiger charge is 2.64. The zero-order valence-corrected chi connectivity index (χ0v) is 12.9. The van der Waals surface area contributed by atoms with Crippen LogP contribution in [-0.4, -0.2) is 0 Å². The van der Waals surface area contributed by atoms with E-state index in [1.54, 1.807) is 0 Å². The molecule has 0 amide bonds. The zero-order chi connectivity index (χ0) is 15.3. The van der Waals surface area contributed by atoms with Gasteiger partial charge in [-0.3, -0.25) is 0 Å². The number of hydrogen-bond donors (Lipinski definition) is 0. The Hall–Kier alpha value is -2.54. The highest BCUT2D eigenvalue weighted by atomic mass is 16.5. The Morgan fingerprint density at radius 3 is 2.17 bits per heavy atom. The Balaban J connectivity index is 1.67. The van der Waals surface area contributed by atoms with Crippen LogP contribution in [0, 0.1) is 5.92 Å². The van der Waals surface area contributed by atoms with Crippen LogP contribution in [0.2, 0.25) is 0 Å². The van der Waals surface area contributed by atoms with Gasteiger partial charge >= 0.3 is 0 Å². The molecule has 23 heavy (non-hydrogen) atoms. The lowest BCUT2D eigenvalue weighted by Crippen LogP contribution is -2.27. The number of rotatable bonds is 2. The van der Waals surface area contributed by atoms with Crippen molar-refractivity contribution in [3.63, 3.8) is 0 Å². The average molecular weight is 298 g/mol. The molecule has 5 rings (SSSR count). The summed E-state index contributed by atoms with van der Waals surface area (Å²) in [4.78, 5) is 0. The van der Waals surface area contributed by atoms with E-state index in [4.69, 9.17) is 4.74 Å². The Morgan fingerprint density at radius 2 is 1.39 bits per heavy atom. The fourth-order valence-electron chi connectivity index (χ4n) is 4.20. The first kappa shape index (κ1) is 13.0. The number of hydrogen-bond acceptors (Lipinski definition) is 1. The quantitative estimate of drug-likeness (QED) is 0.637. The molecule has 0 radical (unpaired) electrons. The second kappa shape index (κ2) is 4.73. The van der Waals surface area contributed by atoms with Crippen molar-refractivity contribution in [3.05, 3.63) is 102 Å². The summed E-state index contributed by atoms with van der Waals surface area (Å²) < 4.78 is 6.53. The molecule has 1 aliphatic carbocycles. The summed E-state index contributed by atoms with van der Waals surface area (Å²) in [5.74, 6) is 1.97. The minimum absolute atomic E-state index is 0.143. The molecule has 0 bridgehead atoms. The van der Waals surface area contributed by atoms with E-state index in [0.717, 1.165) is 12.2 Å². The summed E-state index contributed by atoms with van der Waals surface area (Å²) >= 11 is 0. The molecule has 0 saturated heterocycles.